The van der Waals surface area contributed by atoms with Crippen molar-refractivity contribution in [1.29, 1.82) is 0 Å². The highest BCUT2D eigenvalue weighted by Crippen LogP contribution is 2.06. The molecule has 2 heteroatoms. The molecular formula is C10H13NO. The fourth-order valence-electron chi connectivity index (χ4n) is 1.07. The smallest absolute Gasteiger partial charge is 0.0837 e. The molecule has 12 heavy (non-hydrogen) atoms. The normalized spacial score (nSPS) is 11.7. The Morgan fingerprint density at radius 3 is 2.83 bits per heavy atom. The second-order valence-corrected chi connectivity index (χ2v) is 2.74. The molecule has 0 spiro atoms. The first kappa shape index (κ1) is 8.78. The summed E-state index contributed by atoms with van der Waals surface area (Å²) in [5.74, 6) is 0. The van der Waals surface area contributed by atoms with Crippen LogP contribution in [0.15, 0.2) is 29.4 Å². The Morgan fingerprint density at radius 2 is 2.25 bits per heavy atom. The van der Waals surface area contributed by atoms with Gasteiger partial charge in [0.05, 0.1) is 5.71 Å². The molecule has 0 radical (unpaired) electrons. The lowest BCUT2D eigenvalue weighted by Crippen LogP contribution is -1.94. The van der Waals surface area contributed by atoms with Crippen molar-refractivity contribution in [3.8, 4) is 0 Å². The number of benzene rings is 1. The second kappa shape index (κ2) is 3.90. The van der Waals surface area contributed by atoms with E-state index in [2.05, 4.69) is 18.1 Å². The molecule has 0 bridgehead atoms. The Hall–Kier alpha value is -1.31. The van der Waals surface area contributed by atoms with Gasteiger partial charge in [0.2, 0.25) is 0 Å². The highest BCUT2D eigenvalue weighted by molar-refractivity contribution is 5.98. The van der Waals surface area contributed by atoms with Crippen molar-refractivity contribution < 1.29 is 5.21 Å². The van der Waals surface area contributed by atoms with Gasteiger partial charge in [-0.1, -0.05) is 30.3 Å². The van der Waals surface area contributed by atoms with Crippen LogP contribution in [0, 0.1) is 0 Å². The maximum absolute atomic E-state index is 8.54. The van der Waals surface area contributed by atoms with Crippen LogP contribution in [0.1, 0.15) is 25.0 Å². The fourth-order valence-corrected chi connectivity index (χ4v) is 1.07. The molecule has 0 heterocycles. The van der Waals surface area contributed by atoms with Gasteiger partial charge in [0.25, 0.3) is 0 Å². The van der Waals surface area contributed by atoms with Crippen LogP contribution in [0.2, 0.25) is 0 Å². The average Bonchev–Trinajstić information content (AvgIpc) is 2.17. The predicted molar refractivity (Wildman–Crippen MR) is 49.8 cm³/mol. The van der Waals surface area contributed by atoms with Gasteiger partial charge in [0, 0.05) is 0 Å². The molecule has 0 aromatic heterocycles. The summed E-state index contributed by atoms with van der Waals surface area (Å²) in [6.07, 6.45) is 1.01. The van der Waals surface area contributed by atoms with Crippen molar-refractivity contribution in [2.45, 2.75) is 20.3 Å². The van der Waals surface area contributed by atoms with Crippen LogP contribution < -0.4 is 0 Å². The summed E-state index contributed by atoms with van der Waals surface area (Å²) in [6.45, 7) is 3.89. The van der Waals surface area contributed by atoms with Gasteiger partial charge < -0.3 is 5.21 Å². The second-order valence-electron chi connectivity index (χ2n) is 2.74. The SMILES string of the molecule is CCc1cccc(/C(C)=N\O)c1. The third kappa shape index (κ3) is 1.84. The molecule has 0 aliphatic rings. The molecule has 0 fully saturated rings. The Labute approximate surface area is 72.5 Å². The van der Waals surface area contributed by atoms with Gasteiger partial charge in [0.15, 0.2) is 0 Å². The Kier molecular flexibility index (Phi) is 2.86. The van der Waals surface area contributed by atoms with E-state index in [1.807, 2.05) is 18.2 Å². The van der Waals surface area contributed by atoms with Gasteiger partial charge in [-0.25, -0.2) is 0 Å². The third-order valence-corrected chi connectivity index (χ3v) is 1.90. The van der Waals surface area contributed by atoms with E-state index in [9.17, 15) is 0 Å². The summed E-state index contributed by atoms with van der Waals surface area (Å²) in [5, 5.41) is 11.7. The average molecular weight is 163 g/mol. The number of nitrogens with zero attached hydrogens (tertiary/aromatic N) is 1. The lowest BCUT2D eigenvalue weighted by Gasteiger charge is -2.00. The standard InChI is InChI=1S/C10H13NO/c1-3-9-5-4-6-10(7-9)8(2)11-12/h4-7,12H,3H2,1-2H3/b11-8-. The summed E-state index contributed by atoms with van der Waals surface area (Å²) >= 11 is 0. The summed E-state index contributed by atoms with van der Waals surface area (Å²) in [5.41, 5.74) is 2.90. The Morgan fingerprint density at radius 1 is 1.50 bits per heavy atom. The van der Waals surface area contributed by atoms with Crippen LogP contribution in [0.5, 0.6) is 0 Å². The lowest BCUT2D eigenvalue weighted by atomic mass is 10.1. The molecule has 1 aromatic carbocycles. The van der Waals surface area contributed by atoms with Crippen molar-refractivity contribution in [2.24, 2.45) is 5.16 Å². The zero-order valence-corrected chi connectivity index (χ0v) is 7.41. The highest BCUT2D eigenvalue weighted by atomic mass is 16.4. The zero-order chi connectivity index (χ0) is 8.97. The summed E-state index contributed by atoms with van der Waals surface area (Å²) in [4.78, 5) is 0. The van der Waals surface area contributed by atoms with Crippen LogP contribution in [-0.2, 0) is 6.42 Å². The Balaban J connectivity index is 3.02. The summed E-state index contributed by atoms with van der Waals surface area (Å²) < 4.78 is 0. The minimum absolute atomic E-state index is 0.658. The van der Waals surface area contributed by atoms with E-state index in [1.54, 1.807) is 6.92 Å². The van der Waals surface area contributed by atoms with Crippen LogP contribution >= 0.6 is 0 Å². The van der Waals surface area contributed by atoms with E-state index in [4.69, 9.17) is 5.21 Å². The topological polar surface area (TPSA) is 32.6 Å². The van der Waals surface area contributed by atoms with Crippen molar-refractivity contribution in [3.63, 3.8) is 0 Å². The van der Waals surface area contributed by atoms with Gasteiger partial charge in [-0.15, -0.1) is 0 Å². The third-order valence-electron chi connectivity index (χ3n) is 1.90. The minimum atomic E-state index is 0.658. The molecule has 1 rings (SSSR count). The molecule has 0 aliphatic carbocycles. The van der Waals surface area contributed by atoms with Gasteiger partial charge >= 0.3 is 0 Å². The van der Waals surface area contributed by atoms with Crippen LogP contribution in [-0.4, -0.2) is 10.9 Å². The molecule has 64 valence electrons. The first-order valence-electron chi connectivity index (χ1n) is 4.06. The lowest BCUT2D eigenvalue weighted by molar-refractivity contribution is 0.319. The number of hydrogen-bond donors (Lipinski definition) is 1. The summed E-state index contributed by atoms with van der Waals surface area (Å²) in [7, 11) is 0. The summed E-state index contributed by atoms with van der Waals surface area (Å²) in [6, 6.07) is 8.01. The first-order valence-corrected chi connectivity index (χ1v) is 4.06. The van der Waals surface area contributed by atoms with Gasteiger partial charge in [-0.3, -0.25) is 0 Å². The van der Waals surface area contributed by atoms with E-state index in [0.29, 0.717) is 5.71 Å². The van der Waals surface area contributed by atoms with Gasteiger partial charge in [0.1, 0.15) is 0 Å². The number of hydrogen-bond acceptors (Lipinski definition) is 2. The van der Waals surface area contributed by atoms with Crippen molar-refractivity contribution in [1.82, 2.24) is 0 Å². The van der Waals surface area contributed by atoms with E-state index in [-0.39, 0.29) is 0 Å². The van der Waals surface area contributed by atoms with Crippen LogP contribution in [0.25, 0.3) is 0 Å². The Bertz CT molecular complexity index is 292. The molecule has 2 nitrogen and oxygen atoms in total. The molecule has 0 amide bonds. The van der Waals surface area contributed by atoms with Crippen molar-refractivity contribution in [2.75, 3.05) is 0 Å². The van der Waals surface area contributed by atoms with Crippen LogP contribution in [0.3, 0.4) is 0 Å². The minimum Gasteiger partial charge on any atom is -0.411 e. The monoisotopic (exact) mass is 163 g/mol. The number of aryl methyl sites for hydroxylation is 1. The molecule has 0 unspecified atom stereocenters. The quantitative estimate of drug-likeness (QED) is 0.405. The van der Waals surface area contributed by atoms with Crippen molar-refractivity contribution in [3.05, 3.63) is 35.4 Å². The van der Waals surface area contributed by atoms with E-state index in [1.165, 1.54) is 5.56 Å². The van der Waals surface area contributed by atoms with Crippen molar-refractivity contribution >= 4 is 5.71 Å². The largest absolute Gasteiger partial charge is 0.411 e. The molecular weight excluding hydrogens is 150 g/mol. The molecule has 1 N–H and O–H groups in total. The van der Waals surface area contributed by atoms with E-state index < -0.39 is 0 Å². The number of rotatable bonds is 2. The van der Waals surface area contributed by atoms with E-state index >= 15 is 0 Å². The predicted octanol–water partition coefficient (Wildman–Crippen LogP) is 2.45. The number of oxime groups is 1. The van der Waals surface area contributed by atoms with Gasteiger partial charge in [-0.2, -0.15) is 0 Å². The molecule has 0 aliphatic heterocycles. The molecule has 1 aromatic rings. The molecule has 0 saturated carbocycles. The fraction of sp³-hybridized carbons (Fsp3) is 0.300. The maximum Gasteiger partial charge on any atom is 0.0837 e. The molecule has 0 saturated heterocycles. The zero-order valence-electron chi connectivity index (χ0n) is 7.41. The highest BCUT2D eigenvalue weighted by Gasteiger charge is 1.97. The molecule has 0 atom stereocenters. The maximum atomic E-state index is 8.54. The van der Waals surface area contributed by atoms with Crippen LogP contribution in [0.4, 0.5) is 0 Å². The van der Waals surface area contributed by atoms with Gasteiger partial charge in [-0.05, 0) is 30.5 Å². The van der Waals surface area contributed by atoms with E-state index in [0.717, 1.165) is 12.0 Å². The first-order chi connectivity index (χ1) is 5.77.